The Hall–Kier alpha value is -1.15. The molecule has 0 amide bonds. The van der Waals surface area contributed by atoms with Crippen LogP contribution in [0.5, 0.6) is 0 Å². The van der Waals surface area contributed by atoms with Crippen molar-refractivity contribution in [1.29, 1.82) is 0 Å². The highest BCUT2D eigenvalue weighted by Crippen LogP contribution is 2.29. The Bertz CT molecular complexity index is 482. The van der Waals surface area contributed by atoms with Crippen LogP contribution < -0.4 is 5.32 Å². The average molecular weight is 289 g/mol. The SMILES string of the molecule is CC.Cc1c(C)c(C)c(C(=O)C2CCNCC2)c(C)c1C. The Morgan fingerprint density at radius 3 is 1.62 bits per heavy atom. The minimum Gasteiger partial charge on any atom is -0.317 e. The Balaban J connectivity index is 0.00000106. The molecular weight excluding hydrogens is 258 g/mol. The van der Waals surface area contributed by atoms with Gasteiger partial charge < -0.3 is 5.32 Å². The van der Waals surface area contributed by atoms with Gasteiger partial charge in [0.15, 0.2) is 5.78 Å². The van der Waals surface area contributed by atoms with E-state index in [0.717, 1.165) is 31.5 Å². The van der Waals surface area contributed by atoms with Gasteiger partial charge in [-0.15, -0.1) is 0 Å². The van der Waals surface area contributed by atoms with Crippen LogP contribution in [0.4, 0.5) is 0 Å². The highest BCUT2D eigenvalue weighted by molar-refractivity contribution is 6.01. The predicted molar refractivity (Wildman–Crippen MR) is 91.4 cm³/mol. The van der Waals surface area contributed by atoms with Crippen LogP contribution in [0.1, 0.15) is 64.9 Å². The molecule has 0 atom stereocenters. The summed E-state index contributed by atoms with van der Waals surface area (Å²) in [7, 11) is 0. The molecule has 0 bridgehead atoms. The van der Waals surface area contributed by atoms with Gasteiger partial charge in [-0.05, 0) is 88.4 Å². The van der Waals surface area contributed by atoms with Crippen molar-refractivity contribution in [3.05, 3.63) is 33.4 Å². The molecule has 1 aromatic rings. The van der Waals surface area contributed by atoms with E-state index in [-0.39, 0.29) is 5.92 Å². The van der Waals surface area contributed by atoms with Gasteiger partial charge in [0.05, 0.1) is 0 Å². The first-order chi connectivity index (χ1) is 9.95. The van der Waals surface area contributed by atoms with Crippen LogP contribution in [-0.4, -0.2) is 18.9 Å². The number of rotatable bonds is 2. The maximum absolute atomic E-state index is 12.8. The van der Waals surface area contributed by atoms with E-state index in [1.54, 1.807) is 0 Å². The molecule has 0 unspecified atom stereocenters. The first-order valence-corrected chi connectivity index (χ1v) is 8.27. The number of hydrogen-bond donors (Lipinski definition) is 1. The van der Waals surface area contributed by atoms with Gasteiger partial charge >= 0.3 is 0 Å². The molecule has 118 valence electrons. The first kappa shape index (κ1) is 17.9. The van der Waals surface area contributed by atoms with Crippen LogP contribution in [0.3, 0.4) is 0 Å². The average Bonchev–Trinajstić information content (AvgIpc) is 2.54. The maximum atomic E-state index is 12.8. The molecular formula is C19H31NO. The second-order valence-corrected chi connectivity index (χ2v) is 5.89. The zero-order valence-corrected chi connectivity index (χ0v) is 14.8. The van der Waals surface area contributed by atoms with Crippen LogP contribution in [0.2, 0.25) is 0 Å². The largest absolute Gasteiger partial charge is 0.317 e. The van der Waals surface area contributed by atoms with E-state index < -0.39 is 0 Å². The highest BCUT2D eigenvalue weighted by Gasteiger charge is 2.26. The predicted octanol–water partition coefficient (Wildman–Crippen LogP) is 4.44. The van der Waals surface area contributed by atoms with Crippen molar-refractivity contribution in [2.75, 3.05) is 13.1 Å². The maximum Gasteiger partial charge on any atom is 0.166 e. The van der Waals surface area contributed by atoms with Gasteiger partial charge in [-0.2, -0.15) is 0 Å². The fourth-order valence-electron chi connectivity index (χ4n) is 3.16. The van der Waals surface area contributed by atoms with Crippen molar-refractivity contribution in [2.24, 2.45) is 5.92 Å². The topological polar surface area (TPSA) is 29.1 Å². The number of benzene rings is 1. The van der Waals surface area contributed by atoms with Gasteiger partial charge in [0, 0.05) is 11.5 Å². The number of piperidine rings is 1. The Morgan fingerprint density at radius 1 is 0.810 bits per heavy atom. The van der Waals surface area contributed by atoms with E-state index in [9.17, 15) is 4.79 Å². The summed E-state index contributed by atoms with van der Waals surface area (Å²) in [5.74, 6) is 0.572. The summed E-state index contributed by atoms with van der Waals surface area (Å²) in [6.45, 7) is 16.6. The fraction of sp³-hybridized carbons (Fsp3) is 0.632. The van der Waals surface area contributed by atoms with E-state index in [2.05, 4.69) is 39.9 Å². The number of ketones is 1. The van der Waals surface area contributed by atoms with Crippen LogP contribution in [-0.2, 0) is 0 Å². The second kappa shape index (κ2) is 7.74. The van der Waals surface area contributed by atoms with E-state index >= 15 is 0 Å². The van der Waals surface area contributed by atoms with Crippen LogP contribution >= 0.6 is 0 Å². The number of Topliss-reactive ketones (excluding diaryl/α,β-unsaturated/α-hetero) is 1. The molecule has 2 heteroatoms. The summed E-state index contributed by atoms with van der Waals surface area (Å²) < 4.78 is 0. The summed E-state index contributed by atoms with van der Waals surface area (Å²) in [4.78, 5) is 12.8. The van der Waals surface area contributed by atoms with Gasteiger partial charge in [-0.25, -0.2) is 0 Å². The normalized spacial score (nSPS) is 15.4. The molecule has 1 aliphatic heterocycles. The molecule has 1 fully saturated rings. The van der Waals surface area contributed by atoms with Crippen molar-refractivity contribution >= 4 is 5.78 Å². The third-order valence-electron chi connectivity index (χ3n) is 4.96. The third kappa shape index (κ3) is 3.55. The van der Waals surface area contributed by atoms with Crippen molar-refractivity contribution in [3.63, 3.8) is 0 Å². The van der Waals surface area contributed by atoms with Gasteiger partial charge in [-0.1, -0.05) is 13.8 Å². The van der Waals surface area contributed by atoms with Crippen molar-refractivity contribution in [1.82, 2.24) is 5.32 Å². The number of hydrogen-bond acceptors (Lipinski definition) is 2. The van der Waals surface area contributed by atoms with Gasteiger partial charge in [-0.3, -0.25) is 4.79 Å². The Morgan fingerprint density at radius 2 is 1.19 bits per heavy atom. The minimum atomic E-state index is 0.208. The monoisotopic (exact) mass is 289 g/mol. The molecule has 0 aliphatic carbocycles. The Labute approximate surface area is 130 Å². The van der Waals surface area contributed by atoms with Crippen molar-refractivity contribution < 1.29 is 4.79 Å². The lowest BCUT2D eigenvalue weighted by atomic mass is 9.82. The molecule has 0 saturated carbocycles. The summed E-state index contributed by atoms with van der Waals surface area (Å²) in [6, 6.07) is 0. The Kier molecular flexibility index (Phi) is 6.60. The van der Waals surface area contributed by atoms with Gasteiger partial charge in [0.25, 0.3) is 0 Å². The van der Waals surface area contributed by atoms with E-state index in [1.165, 1.54) is 27.8 Å². The molecule has 0 radical (unpaired) electrons. The summed E-state index contributed by atoms with van der Waals surface area (Å²) in [5, 5.41) is 3.33. The lowest BCUT2D eigenvalue weighted by Gasteiger charge is -2.25. The lowest BCUT2D eigenvalue weighted by Crippen LogP contribution is -2.32. The molecule has 21 heavy (non-hydrogen) atoms. The minimum absolute atomic E-state index is 0.208. The molecule has 1 heterocycles. The zero-order valence-electron chi connectivity index (χ0n) is 14.8. The van der Waals surface area contributed by atoms with Gasteiger partial charge in [0.1, 0.15) is 0 Å². The summed E-state index contributed by atoms with van der Waals surface area (Å²) in [5.41, 5.74) is 7.25. The van der Waals surface area contributed by atoms with Crippen LogP contribution in [0, 0.1) is 40.5 Å². The molecule has 0 aromatic heterocycles. The summed E-state index contributed by atoms with van der Waals surface area (Å²) >= 11 is 0. The van der Waals surface area contributed by atoms with Crippen LogP contribution in [0.15, 0.2) is 0 Å². The quantitative estimate of drug-likeness (QED) is 0.816. The van der Waals surface area contributed by atoms with E-state index in [4.69, 9.17) is 0 Å². The first-order valence-electron chi connectivity index (χ1n) is 8.27. The number of carbonyl (C=O) groups excluding carboxylic acids is 1. The summed E-state index contributed by atoms with van der Waals surface area (Å²) in [6.07, 6.45) is 1.95. The molecule has 2 nitrogen and oxygen atoms in total. The van der Waals surface area contributed by atoms with Crippen molar-refractivity contribution in [3.8, 4) is 0 Å². The zero-order chi connectivity index (χ0) is 16.2. The van der Waals surface area contributed by atoms with E-state index in [0.29, 0.717) is 5.78 Å². The van der Waals surface area contributed by atoms with Crippen molar-refractivity contribution in [2.45, 2.75) is 61.3 Å². The second-order valence-electron chi connectivity index (χ2n) is 5.89. The molecule has 2 rings (SSSR count). The van der Waals surface area contributed by atoms with E-state index in [1.807, 2.05) is 13.8 Å². The van der Waals surface area contributed by atoms with Crippen LogP contribution in [0.25, 0.3) is 0 Å². The molecule has 1 aromatic carbocycles. The molecule has 1 saturated heterocycles. The smallest absolute Gasteiger partial charge is 0.166 e. The molecule has 1 N–H and O–H groups in total. The fourth-order valence-corrected chi connectivity index (χ4v) is 3.16. The number of nitrogens with one attached hydrogen (secondary N) is 1. The molecule has 0 spiro atoms. The number of carbonyl (C=O) groups is 1. The highest BCUT2D eigenvalue weighted by atomic mass is 16.1. The van der Waals surface area contributed by atoms with Gasteiger partial charge in [0.2, 0.25) is 0 Å². The molecule has 1 aliphatic rings. The lowest BCUT2D eigenvalue weighted by molar-refractivity contribution is 0.0893. The standard InChI is InChI=1S/C17H25NO.C2H6/c1-10-11(2)13(4)16(14(5)12(10)3)17(19)15-6-8-18-9-7-15;1-2/h15,18H,6-9H2,1-5H3;1-2H3. The third-order valence-corrected chi connectivity index (χ3v) is 4.96.